The maximum absolute atomic E-state index is 10.7. The van der Waals surface area contributed by atoms with Crippen LogP contribution in [0.1, 0.15) is 39.5 Å². The summed E-state index contributed by atoms with van der Waals surface area (Å²) in [5.41, 5.74) is 0.0631. The van der Waals surface area contributed by atoms with Gasteiger partial charge in [-0.05, 0) is 22.7 Å². The molecule has 0 amide bonds. The average molecular weight is 398 g/mol. The monoisotopic (exact) mass is 396 g/mol. The van der Waals surface area contributed by atoms with Crippen LogP contribution in [0.5, 0.6) is 0 Å². The standard InChI is InChI=1S/C11H18Br2N4O2/c1-3-5-11(7-12,6-4-2)8-16-9(13)14-10(15-16)17(18)19/h3-8H2,1-2H3. The summed E-state index contributed by atoms with van der Waals surface area (Å²) in [5, 5.41) is 15.5. The van der Waals surface area contributed by atoms with Crippen LogP contribution < -0.4 is 0 Å². The molecule has 0 radical (unpaired) electrons. The first-order valence-electron chi connectivity index (χ1n) is 6.28. The Balaban J connectivity index is 2.98. The van der Waals surface area contributed by atoms with Gasteiger partial charge in [0.05, 0.1) is 6.54 Å². The van der Waals surface area contributed by atoms with Crippen LogP contribution in [-0.4, -0.2) is 25.0 Å². The van der Waals surface area contributed by atoms with Gasteiger partial charge < -0.3 is 10.1 Å². The SMILES string of the molecule is CCCC(CBr)(CCC)Cn1nc([N+](=O)[O-])nc1Br. The molecule has 1 rings (SSSR count). The molecule has 0 bridgehead atoms. The number of alkyl halides is 1. The topological polar surface area (TPSA) is 73.8 Å². The lowest BCUT2D eigenvalue weighted by Gasteiger charge is -2.30. The first-order chi connectivity index (χ1) is 8.98. The summed E-state index contributed by atoms with van der Waals surface area (Å²) in [4.78, 5) is 13.9. The maximum atomic E-state index is 10.7. The molecule has 0 aliphatic heterocycles. The number of hydrogen-bond donors (Lipinski definition) is 0. The summed E-state index contributed by atoms with van der Waals surface area (Å²) in [5.74, 6) is -0.358. The second-order valence-electron chi connectivity index (χ2n) is 4.73. The number of nitrogens with zero attached hydrogens (tertiary/aromatic N) is 4. The van der Waals surface area contributed by atoms with Crippen molar-refractivity contribution in [2.75, 3.05) is 5.33 Å². The van der Waals surface area contributed by atoms with Crippen LogP contribution in [0.4, 0.5) is 5.95 Å². The van der Waals surface area contributed by atoms with Crippen molar-refractivity contribution in [1.29, 1.82) is 0 Å². The first kappa shape index (κ1) is 16.6. The number of nitro groups is 1. The quantitative estimate of drug-likeness (QED) is 0.378. The van der Waals surface area contributed by atoms with Gasteiger partial charge in [-0.3, -0.25) is 0 Å². The molecule has 8 heteroatoms. The van der Waals surface area contributed by atoms with Crippen molar-refractivity contribution >= 4 is 37.8 Å². The van der Waals surface area contributed by atoms with Crippen LogP contribution in [-0.2, 0) is 6.54 Å². The lowest BCUT2D eigenvalue weighted by molar-refractivity contribution is -0.394. The summed E-state index contributed by atoms with van der Waals surface area (Å²) >= 11 is 6.82. The minimum atomic E-state index is -0.573. The van der Waals surface area contributed by atoms with E-state index in [1.807, 2.05) is 0 Å². The van der Waals surface area contributed by atoms with Crippen molar-refractivity contribution in [2.45, 2.75) is 46.1 Å². The Bertz CT molecular complexity index is 430. The van der Waals surface area contributed by atoms with Gasteiger partial charge in [0.2, 0.25) is 0 Å². The van der Waals surface area contributed by atoms with Gasteiger partial charge in [-0.15, -0.1) is 0 Å². The Morgan fingerprint density at radius 1 is 1.37 bits per heavy atom. The summed E-state index contributed by atoms with van der Waals surface area (Å²) in [7, 11) is 0. The number of hydrogen-bond acceptors (Lipinski definition) is 4. The van der Waals surface area contributed by atoms with E-state index in [0.717, 1.165) is 31.0 Å². The molecule has 6 nitrogen and oxygen atoms in total. The normalized spacial score (nSPS) is 11.8. The predicted molar refractivity (Wildman–Crippen MR) is 80.4 cm³/mol. The van der Waals surface area contributed by atoms with Crippen LogP contribution in [0.25, 0.3) is 0 Å². The Labute approximate surface area is 129 Å². The van der Waals surface area contributed by atoms with E-state index in [4.69, 9.17) is 0 Å². The van der Waals surface area contributed by atoms with E-state index in [0.29, 0.717) is 11.3 Å². The van der Waals surface area contributed by atoms with Crippen LogP contribution in [0.3, 0.4) is 0 Å². The second kappa shape index (κ2) is 7.33. The lowest BCUT2D eigenvalue weighted by Crippen LogP contribution is -2.29. The van der Waals surface area contributed by atoms with Crippen molar-refractivity contribution in [3.63, 3.8) is 0 Å². The Kier molecular flexibility index (Phi) is 6.38. The molecule has 0 saturated carbocycles. The van der Waals surface area contributed by atoms with Crippen LogP contribution in [0, 0.1) is 15.5 Å². The maximum Gasteiger partial charge on any atom is 0.492 e. The zero-order valence-corrected chi connectivity index (χ0v) is 14.3. The van der Waals surface area contributed by atoms with Gasteiger partial charge >= 0.3 is 5.95 Å². The molecule has 108 valence electrons. The fraction of sp³-hybridized carbons (Fsp3) is 0.818. The highest BCUT2D eigenvalue weighted by atomic mass is 79.9. The molecular formula is C11H18Br2N4O2. The van der Waals surface area contributed by atoms with Gasteiger partial charge in [-0.1, -0.05) is 42.6 Å². The lowest BCUT2D eigenvalue weighted by atomic mass is 9.81. The molecule has 0 saturated heterocycles. The van der Waals surface area contributed by atoms with E-state index in [1.165, 1.54) is 0 Å². The molecule has 1 aromatic rings. The van der Waals surface area contributed by atoms with E-state index in [1.54, 1.807) is 4.68 Å². The summed E-state index contributed by atoms with van der Waals surface area (Å²) in [6.07, 6.45) is 4.23. The molecule has 0 unspecified atom stereocenters. The van der Waals surface area contributed by atoms with E-state index in [2.05, 4.69) is 55.8 Å². The van der Waals surface area contributed by atoms with Crippen molar-refractivity contribution in [1.82, 2.24) is 14.8 Å². The molecular weight excluding hydrogens is 380 g/mol. The van der Waals surface area contributed by atoms with Gasteiger partial charge in [0.15, 0.2) is 0 Å². The summed E-state index contributed by atoms with van der Waals surface area (Å²) in [6.45, 7) is 4.92. The van der Waals surface area contributed by atoms with Crippen molar-refractivity contribution in [3.8, 4) is 0 Å². The highest BCUT2D eigenvalue weighted by Gasteiger charge is 2.32. The predicted octanol–water partition coefficient (Wildman–Crippen LogP) is 3.93. The van der Waals surface area contributed by atoms with Crippen LogP contribution in [0.15, 0.2) is 4.73 Å². The third kappa shape index (κ3) is 4.24. The Morgan fingerprint density at radius 2 is 1.95 bits per heavy atom. The van der Waals surface area contributed by atoms with Gasteiger partial charge in [0.25, 0.3) is 4.73 Å². The number of halogens is 2. The average Bonchev–Trinajstić information content (AvgIpc) is 2.71. The van der Waals surface area contributed by atoms with Crippen molar-refractivity contribution in [2.24, 2.45) is 5.41 Å². The van der Waals surface area contributed by atoms with Gasteiger partial charge in [-0.2, -0.15) is 4.68 Å². The smallest absolute Gasteiger partial charge is 0.390 e. The van der Waals surface area contributed by atoms with E-state index in [-0.39, 0.29) is 11.4 Å². The molecule has 0 fully saturated rings. The third-order valence-electron chi connectivity index (χ3n) is 3.11. The van der Waals surface area contributed by atoms with Gasteiger partial charge in [0.1, 0.15) is 0 Å². The van der Waals surface area contributed by atoms with Crippen molar-refractivity contribution in [3.05, 3.63) is 14.8 Å². The minimum Gasteiger partial charge on any atom is -0.390 e. The zero-order chi connectivity index (χ0) is 14.5. The molecule has 0 aliphatic carbocycles. The summed E-state index contributed by atoms with van der Waals surface area (Å²) < 4.78 is 2.00. The fourth-order valence-corrected chi connectivity index (χ4v) is 3.43. The highest BCUT2D eigenvalue weighted by Crippen LogP contribution is 2.34. The molecule has 19 heavy (non-hydrogen) atoms. The Hall–Kier alpha value is -0.500. The van der Waals surface area contributed by atoms with Gasteiger partial charge in [-0.25, -0.2) is 0 Å². The zero-order valence-electron chi connectivity index (χ0n) is 11.1. The number of aromatic nitrogens is 3. The van der Waals surface area contributed by atoms with Crippen LogP contribution >= 0.6 is 31.9 Å². The van der Waals surface area contributed by atoms with E-state index >= 15 is 0 Å². The minimum absolute atomic E-state index is 0.0631. The molecule has 0 aromatic carbocycles. The molecule has 0 N–H and O–H groups in total. The number of rotatable bonds is 8. The van der Waals surface area contributed by atoms with Gasteiger partial charge in [0, 0.05) is 31.8 Å². The molecule has 1 aromatic heterocycles. The second-order valence-corrected chi connectivity index (χ2v) is 6.00. The van der Waals surface area contributed by atoms with E-state index in [9.17, 15) is 10.1 Å². The van der Waals surface area contributed by atoms with Crippen LogP contribution in [0.2, 0.25) is 0 Å². The first-order valence-corrected chi connectivity index (χ1v) is 8.20. The third-order valence-corrected chi connectivity index (χ3v) is 4.88. The molecule has 0 atom stereocenters. The van der Waals surface area contributed by atoms with Crippen molar-refractivity contribution < 1.29 is 4.92 Å². The molecule has 0 aliphatic rings. The summed E-state index contributed by atoms with van der Waals surface area (Å²) in [6, 6.07) is 0. The Morgan fingerprint density at radius 3 is 2.32 bits per heavy atom. The van der Waals surface area contributed by atoms with E-state index < -0.39 is 4.92 Å². The largest absolute Gasteiger partial charge is 0.492 e. The fourth-order valence-electron chi connectivity index (χ4n) is 2.33. The highest BCUT2D eigenvalue weighted by molar-refractivity contribution is 9.10. The molecule has 0 spiro atoms. The molecule has 1 heterocycles.